The van der Waals surface area contributed by atoms with Crippen LogP contribution < -0.4 is 16.4 Å². The van der Waals surface area contributed by atoms with E-state index in [9.17, 15) is 19.8 Å². The number of carbonyl (C=O) groups is 2. The third-order valence-corrected chi connectivity index (χ3v) is 3.80. The van der Waals surface area contributed by atoms with Gasteiger partial charge < -0.3 is 25.2 Å². The molecule has 0 saturated carbocycles. The largest absolute Gasteiger partial charge is 0.545 e. The van der Waals surface area contributed by atoms with Gasteiger partial charge in [-0.25, -0.2) is 4.99 Å². The van der Waals surface area contributed by atoms with Crippen molar-refractivity contribution < 1.29 is 24.2 Å². The van der Waals surface area contributed by atoms with Crippen molar-refractivity contribution in [2.45, 2.75) is 13.5 Å². The molecule has 0 fully saturated rings. The van der Waals surface area contributed by atoms with Crippen LogP contribution in [0.25, 0.3) is 11.0 Å². The molecule has 0 saturated heterocycles. The number of carboxylic acids is 1. The molecule has 1 amide bonds. The van der Waals surface area contributed by atoms with Gasteiger partial charge in [0, 0.05) is 17.1 Å². The molecule has 2 heterocycles. The van der Waals surface area contributed by atoms with E-state index in [2.05, 4.69) is 9.98 Å². The van der Waals surface area contributed by atoms with Gasteiger partial charge in [-0.05, 0) is 30.7 Å². The minimum absolute atomic E-state index is 0.00310. The summed E-state index contributed by atoms with van der Waals surface area (Å²) in [7, 11) is 0. The minimum Gasteiger partial charge on any atom is -0.545 e. The molecule has 0 aliphatic carbocycles. The van der Waals surface area contributed by atoms with Crippen molar-refractivity contribution in [3.8, 4) is 0 Å². The number of aliphatic hydroxyl groups is 1. The topological polar surface area (TPSA) is 142 Å². The Bertz CT molecular complexity index is 1100. The number of aryl methyl sites for hydroxylation is 1. The number of hydrogen-bond donors (Lipinski definition) is 2. The predicted molar refractivity (Wildman–Crippen MR) is 89.2 cm³/mol. The fraction of sp³-hybridized carbons (Fsp3) is 0.111. The van der Waals surface area contributed by atoms with E-state index in [-0.39, 0.29) is 29.0 Å². The first kappa shape index (κ1) is 17.3. The Kier molecular flexibility index (Phi) is 4.51. The molecule has 0 bridgehead atoms. The highest BCUT2D eigenvalue weighted by molar-refractivity contribution is 5.96. The van der Waals surface area contributed by atoms with Gasteiger partial charge in [-0.3, -0.25) is 9.78 Å². The van der Waals surface area contributed by atoms with Crippen molar-refractivity contribution in [3.63, 3.8) is 0 Å². The van der Waals surface area contributed by atoms with Gasteiger partial charge in [0.15, 0.2) is 5.58 Å². The zero-order valence-electron chi connectivity index (χ0n) is 13.7. The van der Waals surface area contributed by atoms with Crippen molar-refractivity contribution in [1.82, 2.24) is 4.98 Å². The van der Waals surface area contributed by atoms with Gasteiger partial charge in [-0.2, -0.15) is 0 Å². The van der Waals surface area contributed by atoms with E-state index in [1.54, 1.807) is 13.0 Å². The summed E-state index contributed by atoms with van der Waals surface area (Å²) in [6.07, 6.45) is 1.48. The van der Waals surface area contributed by atoms with Gasteiger partial charge in [0.1, 0.15) is 5.56 Å². The molecule has 8 heteroatoms. The first-order valence-corrected chi connectivity index (χ1v) is 7.60. The van der Waals surface area contributed by atoms with Crippen molar-refractivity contribution in [2.75, 3.05) is 0 Å². The Morgan fingerprint density at radius 3 is 2.77 bits per heavy atom. The number of carbonyl (C=O) groups excluding carboxylic acids is 2. The third kappa shape index (κ3) is 3.17. The lowest BCUT2D eigenvalue weighted by Crippen LogP contribution is -2.22. The Morgan fingerprint density at radius 1 is 1.35 bits per heavy atom. The van der Waals surface area contributed by atoms with Crippen LogP contribution in [0.15, 0.2) is 45.9 Å². The molecule has 0 aliphatic heterocycles. The highest BCUT2D eigenvalue weighted by Gasteiger charge is 2.14. The lowest BCUT2D eigenvalue weighted by atomic mass is 10.1. The number of amides is 1. The maximum atomic E-state index is 11.8. The highest BCUT2D eigenvalue weighted by Crippen LogP contribution is 2.21. The van der Waals surface area contributed by atoms with Crippen LogP contribution in [0.3, 0.4) is 0 Å². The van der Waals surface area contributed by atoms with E-state index in [0.717, 1.165) is 0 Å². The Balaban J connectivity index is 2.33. The quantitative estimate of drug-likeness (QED) is 0.692. The normalized spacial score (nSPS) is 11.7. The zero-order valence-corrected chi connectivity index (χ0v) is 13.7. The van der Waals surface area contributed by atoms with E-state index in [4.69, 9.17) is 10.2 Å². The summed E-state index contributed by atoms with van der Waals surface area (Å²) < 4.78 is 5.73. The molecular weight excluding hydrogens is 338 g/mol. The smallest absolute Gasteiger partial charge is 0.254 e. The van der Waals surface area contributed by atoms with Crippen molar-refractivity contribution in [3.05, 3.63) is 64.5 Å². The number of primary amides is 1. The number of nitrogens with zero attached hydrogens (tertiary/aromatic N) is 2. The number of fused-ring (bicyclic) bond motifs is 1. The number of aromatic nitrogens is 1. The van der Waals surface area contributed by atoms with Crippen LogP contribution >= 0.6 is 0 Å². The van der Waals surface area contributed by atoms with E-state index < -0.39 is 11.9 Å². The van der Waals surface area contributed by atoms with Gasteiger partial charge in [-0.1, -0.05) is 12.1 Å². The second-order valence-electron chi connectivity index (χ2n) is 5.55. The third-order valence-electron chi connectivity index (χ3n) is 3.80. The average Bonchev–Trinajstić information content (AvgIpc) is 2.62. The first-order chi connectivity index (χ1) is 12.4. The molecule has 0 atom stereocenters. The summed E-state index contributed by atoms with van der Waals surface area (Å²) in [5, 5.41) is 20.9. The molecule has 1 aromatic carbocycles. The number of aliphatic hydroxyl groups excluding tert-OH is 1. The number of nitrogens with two attached hydrogens (primary N) is 1. The second kappa shape index (κ2) is 6.77. The zero-order chi connectivity index (χ0) is 18.8. The van der Waals surface area contributed by atoms with E-state index in [1.807, 2.05) is 0 Å². The molecule has 0 aliphatic rings. The summed E-state index contributed by atoms with van der Waals surface area (Å²) in [4.78, 5) is 31.2. The van der Waals surface area contributed by atoms with Crippen LogP contribution in [0, 0.1) is 6.92 Å². The molecule has 132 valence electrons. The molecule has 8 nitrogen and oxygen atoms in total. The van der Waals surface area contributed by atoms with Crippen LogP contribution in [-0.4, -0.2) is 22.0 Å². The number of rotatable bonds is 4. The molecule has 0 spiro atoms. The van der Waals surface area contributed by atoms with Gasteiger partial charge in [0.25, 0.3) is 5.91 Å². The SMILES string of the molecule is Cc1ncc(CO)c2cc(C(N)=O)c(=Nc3cccc(C(=O)[O-])c3)oc12. The monoisotopic (exact) mass is 352 g/mol. The lowest BCUT2D eigenvalue weighted by molar-refractivity contribution is -0.255. The molecular formula is C18H14N3O5-. The van der Waals surface area contributed by atoms with E-state index in [1.165, 1.54) is 30.5 Å². The van der Waals surface area contributed by atoms with Crippen molar-refractivity contribution in [2.24, 2.45) is 10.7 Å². The molecule has 0 unspecified atom stereocenters. The Labute approximate surface area is 147 Å². The van der Waals surface area contributed by atoms with E-state index in [0.29, 0.717) is 22.2 Å². The molecule has 3 rings (SSSR count). The van der Waals surface area contributed by atoms with Crippen LogP contribution in [0.1, 0.15) is 32.0 Å². The number of pyridine rings is 1. The van der Waals surface area contributed by atoms with Crippen LogP contribution in [0.5, 0.6) is 0 Å². The van der Waals surface area contributed by atoms with Gasteiger partial charge in [0.2, 0.25) is 5.55 Å². The highest BCUT2D eigenvalue weighted by atomic mass is 16.4. The van der Waals surface area contributed by atoms with Crippen molar-refractivity contribution >= 4 is 28.5 Å². The summed E-state index contributed by atoms with van der Waals surface area (Å²) in [5.74, 6) is -2.12. The number of benzene rings is 1. The van der Waals surface area contributed by atoms with Crippen LogP contribution in [-0.2, 0) is 6.61 Å². The second-order valence-corrected chi connectivity index (χ2v) is 5.55. The standard InChI is InChI=1S/C18H15N3O5/c1-9-15-13(11(8-22)7-20-9)6-14(16(19)23)17(26-15)21-12-4-2-3-10(5-12)18(24)25/h2-7,22H,8H2,1H3,(H2,19,23)(H,24,25)/p-1. The summed E-state index contributed by atoms with van der Waals surface area (Å²) in [6.45, 7) is 1.42. The summed E-state index contributed by atoms with van der Waals surface area (Å²) >= 11 is 0. The predicted octanol–water partition coefficient (Wildman–Crippen LogP) is 0.323. The van der Waals surface area contributed by atoms with Gasteiger partial charge >= 0.3 is 0 Å². The van der Waals surface area contributed by atoms with E-state index >= 15 is 0 Å². The first-order valence-electron chi connectivity index (χ1n) is 7.60. The lowest BCUT2D eigenvalue weighted by Gasteiger charge is -2.08. The fourth-order valence-corrected chi connectivity index (χ4v) is 2.49. The summed E-state index contributed by atoms with van der Waals surface area (Å²) in [5.41, 5.74) is 6.88. The Hall–Kier alpha value is -3.52. The minimum atomic E-state index is -1.35. The number of carboxylic acid groups (broad SMARTS) is 1. The van der Waals surface area contributed by atoms with Crippen LogP contribution in [0.2, 0.25) is 0 Å². The van der Waals surface area contributed by atoms with Gasteiger partial charge in [0.05, 0.1) is 24.0 Å². The average molecular weight is 352 g/mol. The maximum absolute atomic E-state index is 11.8. The number of hydrogen-bond acceptors (Lipinski definition) is 7. The summed E-state index contributed by atoms with van der Waals surface area (Å²) in [6, 6.07) is 7.16. The van der Waals surface area contributed by atoms with Crippen molar-refractivity contribution in [1.29, 1.82) is 0 Å². The fourth-order valence-electron chi connectivity index (χ4n) is 2.49. The van der Waals surface area contributed by atoms with Crippen LogP contribution in [0.4, 0.5) is 5.69 Å². The Morgan fingerprint density at radius 2 is 2.12 bits per heavy atom. The molecule has 2 aromatic heterocycles. The molecule has 0 radical (unpaired) electrons. The molecule has 3 aromatic rings. The number of aromatic carboxylic acids is 1. The van der Waals surface area contributed by atoms with Gasteiger partial charge in [-0.15, -0.1) is 0 Å². The molecule has 3 N–H and O–H groups in total. The molecule has 26 heavy (non-hydrogen) atoms. The maximum Gasteiger partial charge on any atom is 0.254 e.